The summed E-state index contributed by atoms with van der Waals surface area (Å²) in [7, 11) is 1.68. The van der Waals surface area contributed by atoms with Crippen molar-refractivity contribution in [2.24, 2.45) is 0 Å². The monoisotopic (exact) mass is 276 g/mol. The van der Waals surface area contributed by atoms with Crippen LogP contribution < -0.4 is 10.1 Å². The molecule has 4 heteroatoms. The number of aromatic nitrogens is 1. The molecule has 0 aliphatic heterocycles. The van der Waals surface area contributed by atoms with E-state index in [4.69, 9.17) is 16.3 Å². The van der Waals surface area contributed by atoms with Crippen LogP contribution >= 0.6 is 11.6 Å². The smallest absolute Gasteiger partial charge is 0.152 e. The van der Waals surface area contributed by atoms with E-state index in [2.05, 4.69) is 23.3 Å². The van der Waals surface area contributed by atoms with Crippen LogP contribution in [0.2, 0.25) is 5.15 Å². The molecule has 2 rings (SSSR count). The lowest BCUT2D eigenvalue weighted by Gasteiger charge is -2.12. The standard InChI is InChI=1S/C15H17ClN2O/c1-10-4-5-14(19-3)12(6-10)9-17-13-7-11(2)8-18-15(13)16/h4-8,17H,9H2,1-3H3. The summed E-state index contributed by atoms with van der Waals surface area (Å²) >= 11 is 6.06. The van der Waals surface area contributed by atoms with Crippen molar-refractivity contribution in [3.63, 3.8) is 0 Å². The van der Waals surface area contributed by atoms with Crippen LogP contribution in [-0.4, -0.2) is 12.1 Å². The number of benzene rings is 1. The van der Waals surface area contributed by atoms with Crippen LogP contribution in [-0.2, 0) is 6.54 Å². The van der Waals surface area contributed by atoms with E-state index in [1.54, 1.807) is 13.3 Å². The first kappa shape index (κ1) is 13.7. The molecule has 0 saturated carbocycles. The van der Waals surface area contributed by atoms with Gasteiger partial charge in [0, 0.05) is 18.3 Å². The Bertz CT molecular complexity index is 584. The SMILES string of the molecule is COc1ccc(C)cc1CNc1cc(C)cnc1Cl. The maximum Gasteiger partial charge on any atom is 0.152 e. The Balaban J connectivity index is 2.18. The number of methoxy groups -OCH3 is 1. The lowest BCUT2D eigenvalue weighted by molar-refractivity contribution is 0.410. The van der Waals surface area contributed by atoms with E-state index in [1.807, 2.05) is 25.1 Å². The summed E-state index contributed by atoms with van der Waals surface area (Å²) in [6.07, 6.45) is 1.75. The molecule has 100 valence electrons. The van der Waals surface area contributed by atoms with Gasteiger partial charge < -0.3 is 10.1 Å². The third kappa shape index (κ3) is 3.38. The molecule has 0 saturated heterocycles. The fraction of sp³-hybridized carbons (Fsp3) is 0.267. The van der Waals surface area contributed by atoms with Crippen LogP contribution in [0.5, 0.6) is 5.75 Å². The number of anilines is 1. The van der Waals surface area contributed by atoms with Gasteiger partial charge in [-0.2, -0.15) is 0 Å². The van der Waals surface area contributed by atoms with Crippen molar-refractivity contribution in [3.8, 4) is 5.75 Å². The van der Waals surface area contributed by atoms with E-state index in [1.165, 1.54) is 5.56 Å². The molecule has 3 nitrogen and oxygen atoms in total. The summed E-state index contributed by atoms with van der Waals surface area (Å²) < 4.78 is 5.35. The first-order valence-corrected chi connectivity index (χ1v) is 6.47. The van der Waals surface area contributed by atoms with Gasteiger partial charge in [-0.1, -0.05) is 29.3 Å². The lowest BCUT2D eigenvalue weighted by atomic mass is 10.1. The van der Waals surface area contributed by atoms with Crippen LogP contribution in [0.1, 0.15) is 16.7 Å². The van der Waals surface area contributed by atoms with Gasteiger partial charge in [-0.15, -0.1) is 0 Å². The number of rotatable bonds is 4. The van der Waals surface area contributed by atoms with Gasteiger partial charge in [-0.25, -0.2) is 4.98 Å². The quantitative estimate of drug-likeness (QED) is 0.858. The van der Waals surface area contributed by atoms with Crippen molar-refractivity contribution >= 4 is 17.3 Å². The summed E-state index contributed by atoms with van der Waals surface area (Å²) in [6.45, 7) is 4.70. The van der Waals surface area contributed by atoms with Gasteiger partial charge in [0.1, 0.15) is 5.75 Å². The van der Waals surface area contributed by atoms with Crippen LogP contribution in [0, 0.1) is 13.8 Å². The highest BCUT2D eigenvalue weighted by molar-refractivity contribution is 6.31. The van der Waals surface area contributed by atoms with Crippen molar-refractivity contribution in [2.45, 2.75) is 20.4 Å². The number of halogens is 1. The second kappa shape index (κ2) is 5.93. The molecule has 2 aromatic rings. The first-order chi connectivity index (χ1) is 9.10. The Kier molecular flexibility index (Phi) is 4.27. The largest absolute Gasteiger partial charge is 0.496 e. The molecule has 0 unspecified atom stereocenters. The van der Waals surface area contributed by atoms with Crippen LogP contribution in [0.4, 0.5) is 5.69 Å². The second-order valence-electron chi connectivity index (χ2n) is 4.52. The van der Waals surface area contributed by atoms with Gasteiger partial charge in [-0.3, -0.25) is 0 Å². The molecule has 0 fully saturated rings. The molecule has 0 bridgehead atoms. The molecule has 19 heavy (non-hydrogen) atoms. The summed E-state index contributed by atoms with van der Waals surface area (Å²) in [6, 6.07) is 8.09. The molecular formula is C15H17ClN2O. The Morgan fingerprint density at radius 1 is 1.21 bits per heavy atom. The third-order valence-corrected chi connectivity index (χ3v) is 3.18. The van der Waals surface area contributed by atoms with Crippen molar-refractivity contribution in [1.82, 2.24) is 4.98 Å². The Morgan fingerprint density at radius 2 is 2.00 bits per heavy atom. The lowest BCUT2D eigenvalue weighted by Crippen LogP contribution is -2.03. The molecule has 0 aliphatic rings. The fourth-order valence-corrected chi connectivity index (χ4v) is 2.08. The second-order valence-corrected chi connectivity index (χ2v) is 4.88. The number of nitrogens with zero attached hydrogens (tertiary/aromatic N) is 1. The molecule has 0 atom stereocenters. The molecule has 1 heterocycles. The maximum absolute atomic E-state index is 6.06. The number of pyridine rings is 1. The van der Waals surface area contributed by atoms with E-state index < -0.39 is 0 Å². The fourth-order valence-electron chi connectivity index (χ4n) is 1.91. The highest BCUT2D eigenvalue weighted by Crippen LogP contribution is 2.24. The molecule has 0 spiro atoms. The maximum atomic E-state index is 6.06. The van der Waals surface area contributed by atoms with Gasteiger partial charge in [0.15, 0.2) is 5.15 Å². The van der Waals surface area contributed by atoms with Gasteiger partial charge in [0.05, 0.1) is 12.8 Å². The number of hydrogen-bond donors (Lipinski definition) is 1. The van der Waals surface area contributed by atoms with Gasteiger partial charge in [0.25, 0.3) is 0 Å². The molecule has 0 amide bonds. The number of ether oxygens (including phenoxy) is 1. The normalized spacial score (nSPS) is 10.3. The highest BCUT2D eigenvalue weighted by Gasteiger charge is 2.05. The predicted octanol–water partition coefficient (Wildman–Crippen LogP) is 3.97. The Morgan fingerprint density at radius 3 is 2.74 bits per heavy atom. The van der Waals surface area contributed by atoms with Gasteiger partial charge >= 0.3 is 0 Å². The minimum Gasteiger partial charge on any atom is -0.496 e. The van der Waals surface area contributed by atoms with E-state index in [-0.39, 0.29) is 0 Å². The topological polar surface area (TPSA) is 34.1 Å². The van der Waals surface area contributed by atoms with E-state index >= 15 is 0 Å². The number of hydrogen-bond acceptors (Lipinski definition) is 3. The summed E-state index contributed by atoms with van der Waals surface area (Å²) in [5.74, 6) is 0.870. The molecule has 1 N–H and O–H groups in total. The average Bonchev–Trinajstić information content (AvgIpc) is 2.40. The Hall–Kier alpha value is -1.74. The van der Waals surface area contributed by atoms with Crippen LogP contribution in [0.3, 0.4) is 0 Å². The number of aryl methyl sites for hydroxylation is 2. The summed E-state index contributed by atoms with van der Waals surface area (Å²) in [5.41, 5.74) is 4.21. The number of nitrogens with one attached hydrogen (secondary N) is 1. The van der Waals surface area contributed by atoms with E-state index in [9.17, 15) is 0 Å². The van der Waals surface area contributed by atoms with Crippen molar-refractivity contribution in [1.29, 1.82) is 0 Å². The zero-order chi connectivity index (χ0) is 13.8. The Labute approximate surface area is 118 Å². The van der Waals surface area contributed by atoms with Gasteiger partial charge in [0.2, 0.25) is 0 Å². The molecular weight excluding hydrogens is 260 g/mol. The van der Waals surface area contributed by atoms with Crippen LogP contribution in [0.15, 0.2) is 30.5 Å². The zero-order valence-electron chi connectivity index (χ0n) is 11.3. The average molecular weight is 277 g/mol. The summed E-state index contributed by atoms with van der Waals surface area (Å²) in [4.78, 5) is 4.12. The third-order valence-electron chi connectivity index (χ3n) is 2.88. The van der Waals surface area contributed by atoms with Crippen molar-refractivity contribution in [2.75, 3.05) is 12.4 Å². The van der Waals surface area contributed by atoms with Crippen LogP contribution in [0.25, 0.3) is 0 Å². The van der Waals surface area contributed by atoms with Gasteiger partial charge in [-0.05, 0) is 31.5 Å². The highest BCUT2D eigenvalue weighted by atomic mass is 35.5. The van der Waals surface area contributed by atoms with Crippen molar-refractivity contribution in [3.05, 3.63) is 52.3 Å². The molecule has 0 radical (unpaired) electrons. The molecule has 0 aliphatic carbocycles. The van der Waals surface area contributed by atoms with E-state index in [0.717, 1.165) is 22.6 Å². The minimum atomic E-state index is 0.484. The van der Waals surface area contributed by atoms with Crippen molar-refractivity contribution < 1.29 is 4.74 Å². The minimum absolute atomic E-state index is 0.484. The summed E-state index contributed by atoms with van der Waals surface area (Å²) in [5, 5.41) is 3.78. The molecule has 1 aromatic carbocycles. The molecule has 1 aromatic heterocycles. The predicted molar refractivity (Wildman–Crippen MR) is 79.0 cm³/mol. The van der Waals surface area contributed by atoms with E-state index in [0.29, 0.717) is 11.7 Å². The first-order valence-electron chi connectivity index (χ1n) is 6.09. The zero-order valence-corrected chi connectivity index (χ0v) is 12.1.